The van der Waals surface area contributed by atoms with Crippen LogP contribution in [0, 0.1) is 17.1 Å². The second-order valence-corrected chi connectivity index (χ2v) is 3.63. The van der Waals surface area contributed by atoms with Crippen LogP contribution in [-0.4, -0.2) is 18.0 Å². The molecular weight excluding hydrogens is 205 g/mol. The molecule has 86 valence electrons. The number of hydrogen-bond donors (Lipinski definition) is 1. The summed E-state index contributed by atoms with van der Waals surface area (Å²) >= 11 is 0. The maximum absolute atomic E-state index is 13.5. The topological polar surface area (TPSA) is 53.0 Å². The predicted molar refractivity (Wildman–Crippen MR) is 62.0 cm³/mol. The van der Waals surface area contributed by atoms with Gasteiger partial charge in [-0.05, 0) is 18.7 Å². The van der Waals surface area contributed by atoms with Gasteiger partial charge in [0.1, 0.15) is 5.82 Å². The van der Waals surface area contributed by atoms with Gasteiger partial charge in [0.25, 0.3) is 0 Å². The van der Waals surface area contributed by atoms with Crippen molar-refractivity contribution >= 4 is 5.69 Å². The van der Waals surface area contributed by atoms with Gasteiger partial charge in [0.15, 0.2) is 0 Å². The molecule has 3 nitrogen and oxygen atoms in total. The molecule has 0 aliphatic carbocycles. The Morgan fingerprint density at radius 3 is 2.81 bits per heavy atom. The summed E-state index contributed by atoms with van der Waals surface area (Å²) in [7, 11) is 0. The van der Waals surface area contributed by atoms with E-state index in [1.165, 1.54) is 6.07 Å². The smallest absolute Gasteiger partial charge is 0.129 e. The average Bonchev–Trinajstić information content (AvgIpc) is 2.27. The molecule has 2 N–H and O–H groups in total. The van der Waals surface area contributed by atoms with Crippen LogP contribution in [0.15, 0.2) is 18.2 Å². The lowest BCUT2D eigenvalue weighted by atomic mass is 10.1. The van der Waals surface area contributed by atoms with Crippen molar-refractivity contribution in [2.75, 3.05) is 18.8 Å². The largest absolute Gasteiger partial charge is 0.399 e. The fourth-order valence-corrected chi connectivity index (χ4v) is 1.49. The molecule has 1 aromatic carbocycles. The van der Waals surface area contributed by atoms with E-state index in [-0.39, 0.29) is 5.82 Å². The van der Waals surface area contributed by atoms with E-state index in [2.05, 4.69) is 6.07 Å². The van der Waals surface area contributed by atoms with E-state index in [9.17, 15) is 4.39 Å². The molecule has 0 spiro atoms. The molecule has 0 aliphatic rings. The molecule has 0 unspecified atom stereocenters. The van der Waals surface area contributed by atoms with Gasteiger partial charge in [-0.25, -0.2) is 4.39 Å². The van der Waals surface area contributed by atoms with E-state index < -0.39 is 0 Å². The van der Waals surface area contributed by atoms with Gasteiger partial charge >= 0.3 is 0 Å². The Hall–Kier alpha value is -1.60. The van der Waals surface area contributed by atoms with Crippen LogP contribution in [0.5, 0.6) is 0 Å². The van der Waals surface area contributed by atoms with Crippen molar-refractivity contribution in [2.45, 2.75) is 19.9 Å². The maximum Gasteiger partial charge on any atom is 0.129 e. The van der Waals surface area contributed by atoms with Crippen molar-refractivity contribution in [1.82, 2.24) is 4.90 Å². The maximum atomic E-state index is 13.5. The molecule has 0 radical (unpaired) electrons. The average molecular weight is 221 g/mol. The summed E-state index contributed by atoms with van der Waals surface area (Å²) in [5.41, 5.74) is 6.53. The molecule has 0 bridgehead atoms. The van der Waals surface area contributed by atoms with Crippen LogP contribution >= 0.6 is 0 Å². The van der Waals surface area contributed by atoms with Crippen molar-refractivity contribution in [1.29, 1.82) is 5.26 Å². The fourth-order valence-electron chi connectivity index (χ4n) is 1.49. The molecule has 0 atom stereocenters. The molecule has 0 fully saturated rings. The zero-order valence-corrected chi connectivity index (χ0v) is 9.41. The Morgan fingerprint density at radius 1 is 1.50 bits per heavy atom. The van der Waals surface area contributed by atoms with Crippen LogP contribution in [0.1, 0.15) is 18.9 Å². The Balaban J connectivity index is 2.67. The van der Waals surface area contributed by atoms with Crippen LogP contribution in [0.4, 0.5) is 10.1 Å². The van der Waals surface area contributed by atoms with Crippen molar-refractivity contribution in [2.24, 2.45) is 0 Å². The normalized spacial score (nSPS) is 10.4. The number of nitrogen functional groups attached to an aromatic ring is 1. The van der Waals surface area contributed by atoms with Crippen molar-refractivity contribution in [3.05, 3.63) is 29.6 Å². The fraction of sp³-hybridized carbons (Fsp3) is 0.417. The van der Waals surface area contributed by atoms with E-state index in [1.807, 2.05) is 11.8 Å². The number of rotatable bonds is 5. The third-order valence-electron chi connectivity index (χ3n) is 2.46. The number of halogens is 1. The molecule has 4 heteroatoms. The van der Waals surface area contributed by atoms with Crippen molar-refractivity contribution in [3.63, 3.8) is 0 Å². The third-order valence-corrected chi connectivity index (χ3v) is 2.46. The first-order valence-corrected chi connectivity index (χ1v) is 5.30. The van der Waals surface area contributed by atoms with Crippen LogP contribution in [-0.2, 0) is 6.54 Å². The number of hydrogen-bond acceptors (Lipinski definition) is 3. The SMILES string of the molecule is CCN(CCC#N)Cc1ccc(N)cc1F. The molecule has 0 aliphatic heterocycles. The predicted octanol–water partition coefficient (Wildman–Crippen LogP) is 2.14. The molecule has 1 aromatic rings. The van der Waals surface area contributed by atoms with Gasteiger partial charge in [0.05, 0.1) is 6.07 Å². The quantitative estimate of drug-likeness (QED) is 0.775. The summed E-state index contributed by atoms with van der Waals surface area (Å²) in [5, 5.41) is 8.50. The highest BCUT2D eigenvalue weighted by Crippen LogP contribution is 2.14. The van der Waals surface area contributed by atoms with E-state index >= 15 is 0 Å². The summed E-state index contributed by atoms with van der Waals surface area (Å²) in [4.78, 5) is 2.03. The molecular formula is C12H16FN3. The molecule has 1 rings (SSSR count). The minimum absolute atomic E-state index is 0.282. The summed E-state index contributed by atoms with van der Waals surface area (Å²) < 4.78 is 13.5. The number of anilines is 1. The van der Waals surface area contributed by atoms with Crippen LogP contribution < -0.4 is 5.73 Å². The summed E-state index contributed by atoms with van der Waals surface area (Å²) in [5.74, 6) is -0.282. The summed E-state index contributed by atoms with van der Waals surface area (Å²) in [6, 6.07) is 6.80. The Morgan fingerprint density at radius 2 is 2.25 bits per heavy atom. The zero-order chi connectivity index (χ0) is 12.0. The second kappa shape index (κ2) is 6.09. The van der Waals surface area contributed by atoms with Gasteiger partial charge in [0.2, 0.25) is 0 Å². The minimum Gasteiger partial charge on any atom is -0.399 e. The third kappa shape index (κ3) is 3.52. The Bertz CT molecular complexity index is 384. The number of nitrogens with zero attached hydrogens (tertiary/aromatic N) is 2. The second-order valence-electron chi connectivity index (χ2n) is 3.63. The zero-order valence-electron chi connectivity index (χ0n) is 9.41. The summed E-state index contributed by atoms with van der Waals surface area (Å²) in [6.45, 7) is 3.97. The van der Waals surface area contributed by atoms with E-state index in [0.717, 1.165) is 6.54 Å². The van der Waals surface area contributed by atoms with Gasteiger partial charge in [-0.1, -0.05) is 13.0 Å². The van der Waals surface area contributed by atoms with Gasteiger partial charge in [-0.2, -0.15) is 5.26 Å². The van der Waals surface area contributed by atoms with Gasteiger partial charge in [-0.15, -0.1) is 0 Å². The van der Waals surface area contributed by atoms with Crippen LogP contribution in [0.3, 0.4) is 0 Å². The number of nitriles is 1. The molecule has 0 aromatic heterocycles. The van der Waals surface area contributed by atoms with Gasteiger partial charge in [-0.3, -0.25) is 4.90 Å². The van der Waals surface area contributed by atoms with Gasteiger partial charge in [0, 0.05) is 30.8 Å². The lowest BCUT2D eigenvalue weighted by Crippen LogP contribution is -2.24. The Kier molecular flexibility index (Phi) is 4.74. The number of benzene rings is 1. The summed E-state index contributed by atoms with van der Waals surface area (Å²) in [6.07, 6.45) is 0.463. The lowest BCUT2D eigenvalue weighted by Gasteiger charge is -2.19. The van der Waals surface area contributed by atoms with Crippen molar-refractivity contribution in [3.8, 4) is 6.07 Å². The molecule has 0 saturated heterocycles. The van der Waals surface area contributed by atoms with E-state index in [0.29, 0.717) is 30.8 Å². The van der Waals surface area contributed by atoms with E-state index in [4.69, 9.17) is 11.0 Å². The highest BCUT2D eigenvalue weighted by Gasteiger charge is 2.07. The van der Waals surface area contributed by atoms with Gasteiger partial charge < -0.3 is 5.73 Å². The standard InChI is InChI=1S/C12H16FN3/c1-2-16(7-3-6-14)9-10-4-5-11(15)8-12(10)13/h4-5,8H,2-3,7,9,15H2,1H3. The van der Waals surface area contributed by atoms with Crippen LogP contribution in [0.2, 0.25) is 0 Å². The van der Waals surface area contributed by atoms with Crippen molar-refractivity contribution < 1.29 is 4.39 Å². The molecule has 16 heavy (non-hydrogen) atoms. The first kappa shape index (κ1) is 12.5. The minimum atomic E-state index is -0.282. The van der Waals surface area contributed by atoms with Crippen LogP contribution in [0.25, 0.3) is 0 Å². The molecule has 0 heterocycles. The monoisotopic (exact) mass is 221 g/mol. The first-order valence-electron chi connectivity index (χ1n) is 5.30. The van der Waals surface area contributed by atoms with E-state index in [1.54, 1.807) is 12.1 Å². The lowest BCUT2D eigenvalue weighted by molar-refractivity contribution is 0.282. The Labute approximate surface area is 95.3 Å². The first-order chi connectivity index (χ1) is 7.67. The molecule has 0 amide bonds. The number of nitrogens with two attached hydrogens (primary N) is 1. The highest BCUT2D eigenvalue weighted by molar-refractivity contribution is 5.40. The molecule has 0 saturated carbocycles. The highest BCUT2D eigenvalue weighted by atomic mass is 19.1.